The molecule has 0 unspecified atom stereocenters. The molecule has 2 heterocycles. The van der Waals surface area contributed by atoms with Gasteiger partial charge in [-0.05, 0) is 65.8 Å². The molecule has 0 bridgehead atoms. The smallest absolute Gasteiger partial charge is 0.239 e. The summed E-state index contributed by atoms with van der Waals surface area (Å²) in [5, 5.41) is 0. The Morgan fingerprint density at radius 3 is 2.43 bits per heavy atom. The summed E-state index contributed by atoms with van der Waals surface area (Å²) in [5.41, 5.74) is 17.2. The summed E-state index contributed by atoms with van der Waals surface area (Å²) in [6.07, 6.45) is 8.29. The Hall–Kier alpha value is -3.48. The van der Waals surface area contributed by atoms with Crippen LogP contribution in [0.25, 0.3) is 16.0 Å². The third-order valence-electron chi connectivity index (χ3n) is 7.57. The molecular formula is C29H28N4OS. The van der Waals surface area contributed by atoms with Gasteiger partial charge in [-0.1, -0.05) is 60.7 Å². The van der Waals surface area contributed by atoms with Crippen molar-refractivity contribution in [3.8, 4) is 10.4 Å². The molecule has 1 aromatic heterocycles. The molecule has 1 aliphatic heterocycles. The van der Waals surface area contributed by atoms with Gasteiger partial charge >= 0.3 is 0 Å². The SMILES string of the molecule is CN1C(=O)[C@H](c2ccc(C3(N)CC3)cc2)[C@@](C)(c2ccc(-c3cccc(C4=CC=C4)c3)s2)N=C1N. The first-order valence-corrected chi connectivity index (χ1v) is 12.7. The van der Waals surface area contributed by atoms with Crippen molar-refractivity contribution in [1.82, 2.24) is 4.90 Å². The van der Waals surface area contributed by atoms with E-state index in [1.54, 1.807) is 18.4 Å². The molecule has 0 saturated heterocycles. The minimum Gasteiger partial charge on any atom is -0.369 e. The van der Waals surface area contributed by atoms with Gasteiger partial charge in [0.15, 0.2) is 5.96 Å². The van der Waals surface area contributed by atoms with Crippen LogP contribution in [0.1, 0.15) is 47.3 Å². The van der Waals surface area contributed by atoms with Crippen molar-refractivity contribution in [3.63, 3.8) is 0 Å². The molecule has 35 heavy (non-hydrogen) atoms. The van der Waals surface area contributed by atoms with Gasteiger partial charge in [0.1, 0.15) is 5.54 Å². The maximum atomic E-state index is 13.6. The molecular weight excluding hydrogens is 452 g/mol. The van der Waals surface area contributed by atoms with Crippen LogP contribution >= 0.6 is 11.3 Å². The monoisotopic (exact) mass is 480 g/mol. The number of allylic oxidation sites excluding steroid dienone is 4. The number of rotatable bonds is 5. The molecule has 3 aliphatic rings. The summed E-state index contributed by atoms with van der Waals surface area (Å²) >= 11 is 1.67. The highest BCUT2D eigenvalue weighted by molar-refractivity contribution is 7.15. The zero-order valence-electron chi connectivity index (χ0n) is 19.9. The molecule has 2 atom stereocenters. The second kappa shape index (κ2) is 7.77. The van der Waals surface area contributed by atoms with E-state index in [2.05, 4.69) is 66.8 Å². The lowest BCUT2D eigenvalue weighted by Gasteiger charge is -2.40. The van der Waals surface area contributed by atoms with Crippen molar-refractivity contribution in [2.24, 2.45) is 16.5 Å². The van der Waals surface area contributed by atoms with Crippen LogP contribution < -0.4 is 11.5 Å². The van der Waals surface area contributed by atoms with E-state index < -0.39 is 11.5 Å². The Labute approximate surface area is 209 Å². The summed E-state index contributed by atoms with van der Waals surface area (Å²) < 4.78 is 0. The largest absolute Gasteiger partial charge is 0.369 e. The summed E-state index contributed by atoms with van der Waals surface area (Å²) in [6.45, 7) is 2.02. The van der Waals surface area contributed by atoms with Crippen LogP contribution in [0.5, 0.6) is 0 Å². The average molecular weight is 481 g/mol. The number of nitrogens with two attached hydrogens (primary N) is 2. The lowest BCUT2D eigenvalue weighted by Crippen LogP contribution is -2.52. The molecule has 1 amide bonds. The van der Waals surface area contributed by atoms with Crippen molar-refractivity contribution in [2.75, 3.05) is 7.05 Å². The van der Waals surface area contributed by atoms with Crippen molar-refractivity contribution in [3.05, 3.63) is 100 Å². The van der Waals surface area contributed by atoms with Crippen molar-refractivity contribution in [1.29, 1.82) is 0 Å². The van der Waals surface area contributed by atoms with Gasteiger partial charge in [0.2, 0.25) is 5.91 Å². The van der Waals surface area contributed by atoms with Gasteiger partial charge in [0.25, 0.3) is 0 Å². The van der Waals surface area contributed by atoms with E-state index >= 15 is 0 Å². The number of hydrogen-bond acceptors (Lipinski definition) is 5. The predicted molar refractivity (Wildman–Crippen MR) is 143 cm³/mol. The number of likely N-dealkylation sites (N-methyl/N-ethyl adjacent to an activating group) is 1. The second-order valence-corrected chi connectivity index (χ2v) is 11.0. The number of benzene rings is 2. The standard InChI is InChI=1S/C29H28N4OS/c1-28(24-14-13-23(35-24)21-8-4-7-20(17-21)18-5-3-6-18)25(26(34)33(2)27(30)32-28)19-9-11-22(12-10-19)29(31)15-16-29/h3-14,17,25H,15-16,31H2,1-2H3,(H2,30,32)/t25-,28+/m0/s1. The number of thiophene rings is 1. The number of amides is 1. The zero-order valence-corrected chi connectivity index (χ0v) is 20.7. The van der Waals surface area contributed by atoms with Crippen LogP contribution in [0, 0.1) is 0 Å². The van der Waals surface area contributed by atoms with Crippen LogP contribution in [0.2, 0.25) is 0 Å². The molecule has 2 aliphatic carbocycles. The van der Waals surface area contributed by atoms with Crippen LogP contribution in [-0.2, 0) is 15.9 Å². The highest BCUT2D eigenvalue weighted by Gasteiger charge is 2.48. The lowest BCUT2D eigenvalue weighted by molar-refractivity contribution is -0.130. The van der Waals surface area contributed by atoms with Crippen LogP contribution in [0.4, 0.5) is 0 Å². The molecule has 2 aromatic carbocycles. The lowest BCUT2D eigenvalue weighted by atomic mass is 9.77. The topological polar surface area (TPSA) is 84.7 Å². The number of aliphatic imine (C=N–C) groups is 1. The molecule has 176 valence electrons. The third kappa shape index (κ3) is 3.56. The maximum absolute atomic E-state index is 13.6. The minimum atomic E-state index is -0.811. The van der Waals surface area contributed by atoms with E-state index in [1.165, 1.54) is 16.0 Å². The summed E-state index contributed by atoms with van der Waals surface area (Å²) in [6, 6.07) is 20.9. The molecule has 0 radical (unpaired) electrons. The normalized spacial score (nSPS) is 24.6. The van der Waals surface area contributed by atoms with Crippen molar-refractivity contribution in [2.45, 2.75) is 36.8 Å². The van der Waals surface area contributed by atoms with E-state index in [9.17, 15) is 4.79 Å². The number of hydrogen-bond donors (Lipinski definition) is 2. The third-order valence-corrected chi connectivity index (χ3v) is 8.94. The van der Waals surface area contributed by atoms with Gasteiger partial charge in [-0.15, -0.1) is 11.3 Å². The number of carbonyl (C=O) groups is 1. The average Bonchev–Trinajstić information content (AvgIpc) is 3.36. The molecule has 1 saturated carbocycles. The Morgan fingerprint density at radius 1 is 1.06 bits per heavy atom. The second-order valence-electron chi connectivity index (χ2n) is 9.95. The van der Waals surface area contributed by atoms with E-state index in [1.807, 2.05) is 19.1 Å². The van der Waals surface area contributed by atoms with Crippen LogP contribution in [-0.4, -0.2) is 23.8 Å². The first kappa shape index (κ1) is 22.0. The molecule has 0 spiro atoms. The quantitative estimate of drug-likeness (QED) is 0.533. The summed E-state index contributed by atoms with van der Waals surface area (Å²) in [7, 11) is 1.69. The van der Waals surface area contributed by atoms with Crippen molar-refractivity contribution < 1.29 is 4.79 Å². The van der Waals surface area contributed by atoms with E-state index in [0.717, 1.165) is 39.3 Å². The van der Waals surface area contributed by atoms with Gasteiger partial charge in [0, 0.05) is 22.3 Å². The molecule has 4 N–H and O–H groups in total. The fourth-order valence-electron chi connectivity index (χ4n) is 5.02. The van der Waals surface area contributed by atoms with Crippen molar-refractivity contribution >= 4 is 28.8 Å². The Kier molecular flexibility index (Phi) is 4.88. The predicted octanol–water partition coefficient (Wildman–Crippen LogP) is 5.10. The number of guanidine groups is 1. The first-order valence-electron chi connectivity index (χ1n) is 11.9. The minimum absolute atomic E-state index is 0.0534. The fourth-order valence-corrected chi connectivity index (χ4v) is 6.15. The number of carbonyl (C=O) groups excluding carboxylic acids is 1. The van der Waals surface area contributed by atoms with E-state index in [0.29, 0.717) is 0 Å². The van der Waals surface area contributed by atoms with Gasteiger partial charge in [-0.3, -0.25) is 9.69 Å². The molecule has 5 nitrogen and oxygen atoms in total. The van der Waals surface area contributed by atoms with Gasteiger partial charge in [-0.25, -0.2) is 4.99 Å². The van der Waals surface area contributed by atoms with E-state index in [4.69, 9.17) is 16.5 Å². The van der Waals surface area contributed by atoms with E-state index in [-0.39, 0.29) is 17.4 Å². The molecule has 1 fully saturated rings. The zero-order chi connectivity index (χ0) is 24.4. The molecule has 6 heteroatoms. The summed E-state index contributed by atoms with van der Waals surface area (Å²) in [4.78, 5) is 22.1. The van der Waals surface area contributed by atoms with Gasteiger partial charge in [0.05, 0.1) is 5.92 Å². The first-order chi connectivity index (χ1) is 16.8. The highest BCUT2D eigenvalue weighted by atomic mass is 32.1. The van der Waals surface area contributed by atoms with Crippen LogP contribution in [0.3, 0.4) is 0 Å². The maximum Gasteiger partial charge on any atom is 0.239 e. The van der Waals surface area contributed by atoms with Gasteiger partial charge < -0.3 is 11.5 Å². The molecule has 6 rings (SSSR count). The number of nitrogens with zero attached hydrogens (tertiary/aromatic N) is 2. The Morgan fingerprint density at radius 2 is 1.77 bits per heavy atom. The van der Waals surface area contributed by atoms with Crippen LogP contribution in [0.15, 0.2) is 83.9 Å². The Bertz CT molecular complexity index is 1430. The van der Waals surface area contributed by atoms with Gasteiger partial charge in [-0.2, -0.15) is 0 Å². The fraction of sp³-hybridized carbons (Fsp3) is 0.241. The highest BCUT2D eigenvalue weighted by Crippen LogP contribution is 2.48. The molecule has 3 aromatic rings. The Balaban J connectivity index is 1.40. The summed E-state index contributed by atoms with van der Waals surface area (Å²) in [5.74, 6) is -0.294.